The van der Waals surface area contributed by atoms with E-state index in [4.69, 9.17) is 0 Å². The zero-order chi connectivity index (χ0) is 23.2. The van der Waals surface area contributed by atoms with Crippen molar-refractivity contribution in [1.29, 1.82) is 0 Å². The molecule has 1 N–H and O–H groups in total. The molecule has 0 saturated carbocycles. The Labute approximate surface area is 204 Å². The summed E-state index contributed by atoms with van der Waals surface area (Å²) in [5, 5.41) is 3.46. The summed E-state index contributed by atoms with van der Waals surface area (Å²) in [6.07, 6.45) is 0. The molecule has 0 fully saturated rings. The van der Waals surface area contributed by atoms with Gasteiger partial charge in [0.15, 0.2) is 0 Å². The van der Waals surface area contributed by atoms with E-state index >= 15 is 0 Å². The molecule has 0 bridgehead atoms. The highest BCUT2D eigenvalue weighted by molar-refractivity contribution is 8.01. The zero-order valence-corrected chi connectivity index (χ0v) is 20.1. The summed E-state index contributed by atoms with van der Waals surface area (Å²) in [5.41, 5.74) is 0.963. The normalized spacial score (nSPS) is 10.9. The lowest BCUT2D eigenvalue weighted by molar-refractivity contribution is 0.626. The number of nitrogens with one attached hydrogen (secondary N) is 1. The summed E-state index contributed by atoms with van der Waals surface area (Å²) < 4.78 is 40.2. The Hall–Kier alpha value is -2.48. The molecule has 168 valence electrons. The van der Waals surface area contributed by atoms with Gasteiger partial charge in [-0.25, -0.2) is 13.2 Å². The molecule has 33 heavy (non-hydrogen) atoms. The fourth-order valence-corrected chi connectivity index (χ4v) is 6.14. The van der Waals surface area contributed by atoms with Crippen molar-refractivity contribution in [1.82, 2.24) is 0 Å². The van der Waals surface area contributed by atoms with E-state index in [1.807, 2.05) is 6.92 Å². The number of benzene rings is 4. The van der Waals surface area contributed by atoms with E-state index in [2.05, 4.69) is 17.4 Å². The van der Waals surface area contributed by atoms with Gasteiger partial charge in [-0.1, -0.05) is 35.3 Å². The first-order valence-corrected chi connectivity index (χ1v) is 12.7. The topological polar surface area (TPSA) is 12.0 Å². The Bertz CT molecular complexity index is 1140. The van der Waals surface area contributed by atoms with Crippen molar-refractivity contribution in [2.24, 2.45) is 0 Å². The van der Waals surface area contributed by atoms with Crippen LogP contribution in [0.4, 0.5) is 18.9 Å². The van der Waals surface area contributed by atoms with Crippen molar-refractivity contribution in [3.05, 3.63) is 102 Å². The molecule has 0 unspecified atom stereocenters. The number of hydrogen-bond donors (Lipinski definition) is 1. The van der Waals surface area contributed by atoms with Gasteiger partial charge in [0, 0.05) is 35.9 Å². The average molecular weight is 500 g/mol. The molecule has 0 spiro atoms. The van der Waals surface area contributed by atoms with Crippen LogP contribution in [0.1, 0.15) is 6.92 Å². The highest BCUT2D eigenvalue weighted by Crippen LogP contribution is 2.45. The average Bonchev–Trinajstić information content (AvgIpc) is 2.80. The van der Waals surface area contributed by atoms with Gasteiger partial charge in [-0.3, -0.25) is 0 Å². The van der Waals surface area contributed by atoms with Crippen LogP contribution in [0.2, 0.25) is 0 Å². The second-order valence-corrected chi connectivity index (χ2v) is 10.4. The van der Waals surface area contributed by atoms with Crippen LogP contribution in [-0.4, -0.2) is 6.54 Å². The Morgan fingerprint density at radius 2 is 0.909 bits per heavy atom. The quantitative estimate of drug-likeness (QED) is 0.259. The van der Waals surface area contributed by atoms with Gasteiger partial charge >= 0.3 is 0 Å². The third kappa shape index (κ3) is 6.53. The molecular weight excluding hydrogens is 479 g/mol. The maximum atomic E-state index is 13.4. The lowest BCUT2D eigenvalue weighted by Gasteiger charge is -2.18. The van der Waals surface area contributed by atoms with Crippen molar-refractivity contribution < 1.29 is 13.2 Å². The van der Waals surface area contributed by atoms with Crippen LogP contribution in [0.15, 0.2) is 114 Å². The molecule has 0 radical (unpaired) electrons. The predicted octanol–water partition coefficient (Wildman–Crippen LogP) is 8.99. The molecule has 1 nitrogen and oxygen atoms in total. The smallest absolute Gasteiger partial charge is 0.123 e. The van der Waals surface area contributed by atoms with Crippen molar-refractivity contribution in [3.63, 3.8) is 0 Å². The highest BCUT2D eigenvalue weighted by atomic mass is 32.2. The second kappa shape index (κ2) is 11.1. The van der Waals surface area contributed by atoms with E-state index < -0.39 is 0 Å². The van der Waals surface area contributed by atoms with Crippen molar-refractivity contribution in [3.8, 4) is 0 Å². The molecule has 4 rings (SSSR count). The van der Waals surface area contributed by atoms with Crippen LogP contribution in [0.5, 0.6) is 0 Å². The zero-order valence-electron chi connectivity index (χ0n) is 17.6. The standard InChI is InChI=1S/C26H20F3NS3/c1-2-30-26-24(32-21-11-5-18(28)6-12-21)15-23(31-20-9-3-17(27)4-10-20)16-25(26)33-22-13-7-19(29)8-14-22/h3-16,30H,2H2,1H3. The third-order valence-electron chi connectivity index (χ3n) is 4.53. The largest absolute Gasteiger partial charge is 0.383 e. The van der Waals surface area contributed by atoms with Crippen molar-refractivity contribution >= 4 is 41.0 Å². The summed E-state index contributed by atoms with van der Waals surface area (Å²) in [4.78, 5) is 5.70. The van der Waals surface area contributed by atoms with Crippen LogP contribution >= 0.6 is 35.3 Å². The summed E-state index contributed by atoms with van der Waals surface area (Å²) in [6.45, 7) is 2.75. The van der Waals surface area contributed by atoms with Crippen LogP contribution in [-0.2, 0) is 0 Å². The summed E-state index contributed by atoms with van der Waals surface area (Å²) in [7, 11) is 0. The maximum absolute atomic E-state index is 13.4. The fourth-order valence-electron chi connectivity index (χ4n) is 3.03. The van der Waals surface area contributed by atoms with Crippen LogP contribution < -0.4 is 5.32 Å². The molecular formula is C26H20F3NS3. The third-order valence-corrected chi connectivity index (χ3v) is 7.60. The van der Waals surface area contributed by atoms with E-state index in [9.17, 15) is 13.2 Å². The van der Waals surface area contributed by atoms with E-state index in [1.54, 1.807) is 59.9 Å². The van der Waals surface area contributed by atoms with E-state index in [0.29, 0.717) is 0 Å². The molecule has 0 aliphatic carbocycles. The van der Waals surface area contributed by atoms with Gasteiger partial charge in [-0.2, -0.15) is 0 Å². The first-order chi connectivity index (χ1) is 16.0. The minimum Gasteiger partial charge on any atom is -0.383 e. The van der Waals surface area contributed by atoms with Gasteiger partial charge in [-0.05, 0) is 91.9 Å². The van der Waals surface area contributed by atoms with Gasteiger partial charge in [0.05, 0.1) is 5.69 Å². The van der Waals surface area contributed by atoms with Gasteiger partial charge in [0.2, 0.25) is 0 Å². The Morgan fingerprint density at radius 3 is 1.27 bits per heavy atom. The molecule has 0 saturated heterocycles. The molecule has 0 amide bonds. The SMILES string of the molecule is CCNc1c(Sc2ccc(F)cc2)cc(Sc2ccc(F)cc2)cc1Sc1ccc(F)cc1. The summed E-state index contributed by atoms with van der Waals surface area (Å²) >= 11 is 4.62. The first kappa shape index (κ1) is 23.7. The van der Waals surface area contributed by atoms with E-state index in [-0.39, 0.29) is 17.5 Å². The molecule has 0 aliphatic rings. The maximum Gasteiger partial charge on any atom is 0.123 e. The first-order valence-electron chi connectivity index (χ1n) is 10.2. The van der Waals surface area contributed by atoms with Crippen molar-refractivity contribution in [2.75, 3.05) is 11.9 Å². The number of hydrogen-bond acceptors (Lipinski definition) is 4. The molecule has 0 aliphatic heterocycles. The monoisotopic (exact) mass is 499 g/mol. The van der Waals surface area contributed by atoms with Crippen LogP contribution in [0.3, 0.4) is 0 Å². The number of anilines is 1. The number of rotatable bonds is 8. The lowest BCUT2D eigenvalue weighted by atomic mass is 10.3. The Balaban J connectivity index is 1.75. The Kier molecular flexibility index (Phi) is 7.96. The predicted molar refractivity (Wildman–Crippen MR) is 132 cm³/mol. The molecule has 0 heterocycles. The lowest BCUT2D eigenvalue weighted by Crippen LogP contribution is -2.01. The summed E-state index contributed by atoms with van der Waals surface area (Å²) in [5.74, 6) is -0.833. The Morgan fingerprint density at radius 1 is 0.545 bits per heavy atom. The fraction of sp³-hybridized carbons (Fsp3) is 0.0769. The highest BCUT2D eigenvalue weighted by Gasteiger charge is 2.15. The summed E-state index contributed by atoms with van der Waals surface area (Å²) in [6, 6.07) is 23.3. The van der Waals surface area contributed by atoms with Crippen LogP contribution in [0.25, 0.3) is 0 Å². The molecule has 0 atom stereocenters. The molecule has 4 aromatic rings. The number of halogens is 3. The van der Waals surface area contributed by atoms with Gasteiger partial charge in [-0.15, -0.1) is 0 Å². The minimum absolute atomic E-state index is 0.276. The van der Waals surface area contributed by atoms with Gasteiger partial charge in [0.25, 0.3) is 0 Å². The van der Waals surface area contributed by atoms with Gasteiger partial charge < -0.3 is 5.32 Å². The van der Waals surface area contributed by atoms with Gasteiger partial charge in [0.1, 0.15) is 17.5 Å². The van der Waals surface area contributed by atoms with E-state index in [0.717, 1.165) is 41.6 Å². The van der Waals surface area contributed by atoms with E-state index in [1.165, 1.54) is 48.2 Å². The molecule has 7 heteroatoms. The van der Waals surface area contributed by atoms with Crippen molar-refractivity contribution in [2.45, 2.75) is 36.3 Å². The molecule has 0 aromatic heterocycles. The van der Waals surface area contributed by atoms with Crippen LogP contribution in [0, 0.1) is 17.5 Å². The second-order valence-electron chi connectivity index (χ2n) is 6.99. The minimum atomic E-state index is -0.278. The molecule has 4 aromatic carbocycles.